The van der Waals surface area contributed by atoms with Gasteiger partial charge in [-0.3, -0.25) is 4.99 Å². The molecule has 1 rings (SSSR count). The minimum absolute atomic E-state index is 0.286. The van der Waals surface area contributed by atoms with Gasteiger partial charge in [0.1, 0.15) is 4.99 Å². The first-order chi connectivity index (χ1) is 7.72. The summed E-state index contributed by atoms with van der Waals surface area (Å²) in [5.41, 5.74) is 6.72. The molecule has 0 bridgehead atoms. The number of thiocarbonyl (C=S) groups is 1. The molecule has 0 saturated heterocycles. The van der Waals surface area contributed by atoms with E-state index in [1.54, 1.807) is 6.21 Å². The van der Waals surface area contributed by atoms with E-state index in [9.17, 15) is 0 Å². The Labute approximate surface area is 103 Å². The van der Waals surface area contributed by atoms with Crippen molar-refractivity contribution in [3.8, 4) is 0 Å². The second-order valence-electron chi connectivity index (χ2n) is 3.81. The molecule has 0 radical (unpaired) electrons. The lowest BCUT2D eigenvalue weighted by Gasteiger charge is -2.10. The molecule has 0 amide bonds. The predicted molar refractivity (Wildman–Crippen MR) is 74.1 cm³/mol. The Hall–Kier alpha value is -1.22. The monoisotopic (exact) mass is 234 g/mol. The Kier molecular flexibility index (Phi) is 5.72. The maximum atomic E-state index is 5.41. The van der Waals surface area contributed by atoms with E-state index in [1.165, 1.54) is 5.56 Å². The molecule has 2 N–H and O–H groups in total. The highest BCUT2D eigenvalue weighted by Gasteiger charge is 2.05. The van der Waals surface area contributed by atoms with Crippen LogP contribution in [-0.4, -0.2) is 17.2 Å². The van der Waals surface area contributed by atoms with Gasteiger partial charge in [-0.15, -0.1) is 0 Å². The molecule has 3 heteroatoms. The van der Waals surface area contributed by atoms with Gasteiger partial charge in [0, 0.05) is 0 Å². The smallest absolute Gasteiger partial charge is 0.114 e. The van der Waals surface area contributed by atoms with Crippen molar-refractivity contribution >= 4 is 23.4 Å². The molecule has 1 aromatic rings. The third-order valence-electron chi connectivity index (χ3n) is 2.35. The quantitative estimate of drug-likeness (QED) is 0.607. The molecule has 2 nitrogen and oxygen atoms in total. The van der Waals surface area contributed by atoms with Crippen LogP contribution in [0.3, 0.4) is 0 Å². The first kappa shape index (κ1) is 12.8. The Balaban J connectivity index is 2.61. The molecule has 0 saturated carbocycles. The van der Waals surface area contributed by atoms with Crippen LogP contribution in [0.15, 0.2) is 35.3 Å². The highest BCUT2D eigenvalue weighted by Crippen LogP contribution is 2.10. The number of hydrogen-bond acceptors (Lipinski definition) is 2. The van der Waals surface area contributed by atoms with E-state index in [2.05, 4.69) is 36.2 Å². The van der Waals surface area contributed by atoms with Crippen molar-refractivity contribution in [1.29, 1.82) is 0 Å². The molecular weight excluding hydrogens is 216 g/mol. The Bertz CT molecular complexity index is 346. The lowest BCUT2D eigenvalue weighted by atomic mass is 10.0. The fourth-order valence-corrected chi connectivity index (χ4v) is 1.69. The largest absolute Gasteiger partial charge is 0.389 e. The number of rotatable bonds is 6. The molecule has 16 heavy (non-hydrogen) atoms. The highest BCUT2D eigenvalue weighted by molar-refractivity contribution is 7.81. The van der Waals surface area contributed by atoms with Crippen molar-refractivity contribution < 1.29 is 0 Å². The van der Waals surface area contributed by atoms with Crippen molar-refractivity contribution in [3.05, 3.63) is 35.9 Å². The normalized spacial score (nSPS) is 12.8. The number of nitrogens with two attached hydrogens (primary N) is 1. The summed E-state index contributed by atoms with van der Waals surface area (Å²) in [5, 5.41) is 0. The van der Waals surface area contributed by atoms with E-state index in [1.807, 2.05) is 6.07 Å². The van der Waals surface area contributed by atoms with Gasteiger partial charge in [-0.2, -0.15) is 0 Å². The zero-order valence-corrected chi connectivity index (χ0v) is 10.4. The van der Waals surface area contributed by atoms with Crippen molar-refractivity contribution in [1.82, 2.24) is 0 Å². The van der Waals surface area contributed by atoms with Crippen LogP contribution in [0.5, 0.6) is 0 Å². The molecule has 0 spiro atoms. The van der Waals surface area contributed by atoms with Crippen LogP contribution in [-0.2, 0) is 6.42 Å². The van der Waals surface area contributed by atoms with Crippen molar-refractivity contribution in [2.24, 2.45) is 10.7 Å². The summed E-state index contributed by atoms with van der Waals surface area (Å²) >= 11 is 4.79. The average molecular weight is 234 g/mol. The standard InChI is InChI=1S/C13H18N2S/c1-2-6-12(15-10-13(14)16)9-11-7-4-3-5-8-11/h3-5,7-8,10,12H,2,6,9H2,1H3,(H2,14,16). The van der Waals surface area contributed by atoms with E-state index >= 15 is 0 Å². The van der Waals surface area contributed by atoms with Gasteiger partial charge in [0.15, 0.2) is 0 Å². The summed E-state index contributed by atoms with van der Waals surface area (Å²) in [6, 6.07) is 10.7. The maximum Gasteiger partial charge on any atom is 0.114 e. The van der Waals surface area contributed by atoms with Crippen LogP contribution in [0.1, 0.15) is 25.3 Å². The minimum atomic E-state index is 0.286. The van der Waals surface area contributed by atoms with Gasteiger partial charge in [0.05, 0.1) is 12.3 Å². The van der Waals surface area contributed by atoms with Crippen molar-refractivity contribution in [3.63, 3.8) is 0 Å². The van der Waals surface area contributed by atoms with E-state index in [0.29, 0.717) is 4.99 Å². The van der Waals surface area contributed by atoms with E-state index in [0.717, 1.165) is 19.3 Å². The second kappa shape index (κ2) is 7.12. The molecular formula is C13H18N2S. The maximum absolute atomic E-state index is 5.41. The summed E-state index contributed by atoms with van der Waals surface area (Å²) in [5.74, 6) is 0. The van der Waals surface area contributed by atoms with Crippen LogP contribution in [0.2, 0.25) is 0 Å². The number of aliphatic imine (C=N–C) groups is 1. The topological polar surface area (TPSA) is 38.4 Å². The van der Waals surface area contributed by atoms with Crippen LogP contribution >= 0.6 is 12.2 Å². The third-order valence-corrected chi connectivity index (χ3v) is 2.45. The minimum Gasteiger partial charge on any atom is -0.389 e. The first-order valence-corrected chi connectivity index (χ1v) is 5.99. The Morgan fingerprint density at radius 2 is 2.12 bits per heavy atom. The summed E-state index contributed by atoms with van der Waals surface area (Å²) < 4.78 is 0. The van der Waals surface area contributed by atoms with Gasteiger partial charge >= 0.3 is 0 Å². The number of benzene rings is 1. The van der Waals surface area contributed by atoms with Crippen molar-refractivity contribution in [2.75, 3.05) is 0 Å². The van der Waals surface area contributed by atoms with Crippen molar-refractivity contribution in [2.45, 2.75) is 32.2 Å². The van der Waals surface area contributed by atoms with E-state index in [-0.39, 0.29) is 6.04 Å². The number of hydrogen-bond donors (Lipinski definition) is 1. The van der Waals surface area contributed by atoms with Crippen LogP contribution in [0, 0.1) is 0 Å². The molecule has 0 heterocycles. The van der Waals surface area contributed by atoms with Gasteiger partial charge in [0.2, 0.25) is 0 Å². The molecule has 0 aliphatic rings. The van der Waals surface area contributed by atoms with Gasteiger partial charge in [-0.05, 0) is 18.4 Å². The predicted octanol–water partition coefficient (Wildman–Crippen LogP) is 2.75. The lowest BCUT2D eigenvalue weighted by molar-refractivity contribution is 0.605. The lowest BCUT2D eigenvalue weighted by Crippen LogP contribution is -2.14. The summed E-state index contributed by atoms with van der Waals surface area (Å²) in [7, 11) is 0. The highest BCUT2D eigenvalue weighted by atomic mass is 32.1. The zero-order chi connectivity index (χ0) is 11.8. The molecule has 0 aromatic heterocycles. The first-order valence-electron chi connectivity index (χ1n) is 5.59. The van der Waals surface area contributed by atoms with E-state index in [4.69, 9.17) is 18.0 Å². The fourth-order valence-electron chi connectivity index (χ4n) is 1.63. The van der Waals surface area contributed by atoms with Gasteiger partial charge in [-0.25, -0.2) is 0 Å². The second-order valence-corrected chi connectivity index (χ2v) is 4.28. The zero-order valence-electron chi connectivity index (χ0n) is 9.60. The third kappa shape index (κ3) is 5.03. The summed E-state index contributed by atoms with van der Waals surface area (Å²) in [6.07, 6.45) is 4.73. The Morgan fingerprint density at radius 1 is 1.44 bits per heavy atom. The Morgan fingerprint density at radius 3 is 2.69 bits per heavy atom. The molecule has 1 unspecified atom stereocenters. The van der Waals surface area contributed by atoms with Crippen LogP contribution in [0.4, 0.5) is 0 Å². The molecule has 86 valence electrons. The van der Waals surface area contributed by atoms with Gasteiger partial charge in [0.25, 0.3) is 0 Å². The number of nitrogens with zero attached hydrogens (tertiary/aromatic N) is 1. The molecule has 0 aliphatic heterocycles. The molecule has 0 fully saturated rings. The summed E-state index contributed by atoms with van der Waals surface area (Å²) in [4.78, 5) is 4.77. The summed E-state index contributed by atoms with van der Waals surface area (Å²) in [6.45, 7) is 2.16. The molecule has 0 aliphatic carbocycles. The van der Waals surface area contributed by atoms with Gasteiger partial charge < -0.3 is 5.73 Å². The van der Waals surface area contributed by atoms with E-state index < -0.39 is 0 Å². The molecule has 1 atom stereocenters. The van der Waals surface area contributed by atoms with Gasteiger partial charge in [-0.1, -0.05) is 55.9 Å². The fraction of sp³-hybridized carbons (Fsp3) is 0.385. The SMILES string of the molecule is CCCC(Cc1ccccc1)N=CC(N)=S. The van der Waals surface area contributed by atoms with Crippen LogP contribution < -0.4 is 5.73 Å². The molecule has 1 aromatic carbocycles. The van der Waals surface area contributed by atoms with Crippen LogP contribution in [0.25, 0.3) is 0 Å². The average Bonchev–Trinajstić information content (AvgIpc) is 2.27.